The number of carbonyl (C=O) groups is 1. The molecule has 2 unspecified atom stereocenters. The summed E-state index contributed by atoms with van der Waals surface area (Å²) < 4.78 is 25.1. The number of aliphatic hydroxyl groups excluding tert-OH is 1. The highest BCUT2D eigenvalue weighted by molar-refractivity contribution is 7.10. The van der Waals surface area contributed by atoms with Gasteiger partial charge in [0.1, 0.15) is 18.2 Å². The molecule has 4 rings (SSSR count). The first-order chi connectivity index (χ1) is 16.4. The molecule has 0 bridgehead atoms. The summed E-state index contributed by atoms with van der Waals surface area (Å²) >= 11 is 1.70. The highest BCUT2D eigenvalue weighted by Gasteiger charge is 2.34. The summed E-state index contributed by atoms with van der Waals surface area (Å²) in [7, 11) is 0. The number of benzene rings is 1. The topological polar surface area (TPSA) is 62.2 Å². The molecular formula is C26H35FN2O4S. The van der Waals surface area contributed by atoms with Crippen LogP contribution in [0.1, 0.15) is 43.2 Å². The first-order valence-electron chi connectivity index (χ1n) is 12.1. The van der Waals surface area contributed by atoms with Gasteiger partial charge in [-0.05, 0) is 68.2 Å². The van der Waals surface area contributed by atoms with Gasteiger partial charge in [0.2, 0.25) is 5.91 Å². The van der Waals surface area contributed by atoms with E-state index in [4.69, 9.17) is 9.47 Å². The molecule has 2 heterocycles. The number of thiophene rings is 1. The molecule has 186 valence electrons. The van der Waals surface area contributed by atoms with Gasteiger partial charge in [0.25, 0.3) is 0 Å². The molecule has 1 aromatic carbocycles. The maximum absolute atomic E-state index is 13.6. The van der Waals surface area contributed by atoms with Crippen molar-refractivity contribution in [2.75, 3.05) is 39.4 Å². The van der Waals surface area contributed by atoms with E-state index in [1.165, 1.54) is 29.9 Å². The first-order valence-corrected chi connectivity index (χ1v) is 13.0. The van der Waals surface area contributed by atoms with Gasteiger partial charge in [0, 0.05) is 30.6 Å². The average Bonchev–Trinajstić information content (AvgIpc) is 3.47. The number of hydrogen-bond donors (Lipinski definition) is 1. The minimum absolute atomic E-state index is 0.0299. The van der Waals surface area contributed by atoms with Crippen LogP contribution in [0, 0.1) is 11.7 Å². The third-order valence-electron chi connectivity index (χ3n) is 6.28. The van der Waals surface area contributed by atoms with Gasteiger partial charge in [-0.15, -0.1) is 11.3 Å². The predicted octanol–water partition coefficient (Wildman–Crippen LogP) is 3.89. The van der Waals surface area contributed by atoms with Crippen molar-refractivity contribution < 1.29 is 23.8 Å². The number of halogens is 1. The van der Waals surface area contributed by atoms with Gasteiger partial charge in [-0.1, -0.05) is 6.07 Å². The van der Waals surface area contributed by atoms with Gasteiger partial charge in [-0.3, -0.25) is 9.69 Å². The molecule has 1 aliphatic heterocycles. The zero-order chi connectivity index (χ0) is 24.1. The van der Waals surface area contributed by atoms with Crippen LogP contribution in [0.5, 0.6) is 5.75 Å². The molecule has 6 nitrogen and oxygen atoms in total. The van der Waals surface area contributed by atoms with E-state index in [0.717, 1.165) is 18.5 Å². The Bertz CT molecular complexity index is 948. The highest BCUT2D eigenvalue weighted by Crippen LogP contribution is 2.34. The second-order valence-corrected chi connectivity index (χ2v) is 10.6. The Morgan fingerprint density at radius 3 is 2.88 bits per heavy atom. The second-order valence-electron chi connectivity index (χ2n) is 9.59. The fraction of sp³-hybridized carbons (Fsp3) is 0.577. The number of aliphatic hydroxyl groups is 1. The van der Waals surface area contributed by atoms with Crippen molar-refractivity contribution in [1.29, 1.82) is 0 Å². The molecule has 2 aliphatic rings. The number of ether oxygens (including phenoxy) is 2. The van der Waals surface area contributed by atoms with E-state index < -0.39 is 6.10 Å². The number of rotatable bonds is 12. The monoisotopic (exact) mass is 490 g/mol. The fourth-order valence-corrected chi connectivity index (χ4v) is 5.34. The highest BCUT2D eigenvalue weighted by atomic mass is 32.1. The number of fused-ring (bicyclic) bond motifs is 1. The molecule has 34 heavy (non-hydrogen) atoms. The molecular weight excluding hydrogens is 455 g/mol. The number of hydrogen-bond acceptors (Lipinski definition) is 6. The zero-order valence-corrected chi connectivity index (χ0v) is 20.8. The minimum Gasteiger partial charge on any atom is -0.491 e. The van der Waals surface area contributed by atoms with Crippen molar-refractivity contribution in [3.8, 4) is 5.75 Å². The van der Waals surface area contributed by atoms with Crippen LogP contribution >= 0.6 is 11.3 Å². The lowest BCUT2D eigenvalue weighted by atomic mass is 10.0. The van der Waals surface area contributed by atoms with Crippen molar-refractivity contribution in [2.24, 2.45) is 5.92 Å². The Kier molecular flexibility index (Phi) is 8.58. The summed E-state index contributed by atoms with van der Waals surface area (Å²) in [5.41, 5.74) is 1.11. The van der Waals surface area contributed by atoms with E-state index in [1.54, 1.807) is 23.5 Å². The summed E-state index contributed by atoms with van der Waals surface area (Å²) in [6, 6.07) is 7.94. The third kappa shape index (κ3) is 7.01. The Balaban J connectivity index is 1.43. The molecule has 0 spiro atoms. The zero-order valence-electron chi connectivity index (χ0n) is 20.0. The lowest BCUT2D eigenvalue weighted by Crippen LogP contribution is -2.48. The first kappa shape index (κ1) is 25.1. The largest absolute Gasteiger partial charge is 0.491 e. The van der Waals surface area contributed by atoms with Crippen molar-refractivity contribution >= 4 is 17.2 Å². The fourth-order valence-electron chi connectivity index (χ4n) is 4.41. The third-order valence-corrected chi connectivity index (χ3v) is 7.28. The summed E-state index contributed by atoms with van der Waals surface area (Å²) in [4.78, 5) is 18.8. The maximum Gasteiger partial charge on any atom is 0.237 e. The molecule has 1 amide bonds. The molecule has 1 aromatic heterocycles. The summed E-state index contributed by atoms with van der Waals surface area (Å²) in [5.74, 6) is 0.740. The van der Waals surface area contributed by atoms with E-state index in [2.05, 4.69) is 16.3 Å². The Morgan fingerprint density at radius 2 is 2.15 bits per heavy atom. The van der Waals surface area contributed by atoms with Crippen LogP contribution in [0.25, 0.3) is 0 Å². The van der Waals surface area contributed by atoms with Crippen LogP contribution in [0.3, 0.4) is 0 Å². The summed E-state index contributed by atoms with van der Waals surface area (Å²) in [5, 5.41) is 12.5. The van der Waals surface area contributed by atoms with Gasteiger partial charge >= 0.3 is 0 Å². The molecule has 2 aromatic rings. The predicted molar refractivity (Wildman–Crippen MR) is 131 cm³/mol. The average molecular weight is 491 g/mol. The van der Waals surface area contributed by atoms with Crippen LogP contribution in [-0.4, -0.2) is 72.4 Å². The smallest absolute Gasteiger partial charge is 0.237 e. The van der Waals surface area contributed by atoms with Gasteiger partial charge < -0.3 is 19.5 Å². The summed E-state index contributed by atoms with van der Waals surface area (Å²) in [6.45, 7) is 6.53. The number of amides is 1. The van der Waals surface area contributed by atoms with Crippen molar-refractivity contribution in [3.05, 3.63) is 52.0 Å². The number of carbonyl (C=O) groups excluding carboxylic acids is 1. The molecule has 0 saturated heterocycles. The molecule has 0 radical (unpaired) electrons. The molecule has 1 saturated carbocycles. The lowest BCUT2D eigenvalue weighted by molar-refractivity contribution is -0.136. The Hall–Kier alpha value is -2.00. The van der Waals surface area contributed by atoms with Gasteiger partial charge in [-0.2, -0.15) is 0 Å². The lowest BCUT2D eigenvalue weighted by Gasteiger charge is -2.37. The number of nitrogens with zero attached hydrogens (tertiary/aromatic N) is 2. The van der Waals surface area contributed by atoms with Gasteiger partial charge in [0.05, 0.1) is 31.4 Å². The second kappa shape index (κ2) is 11.6. The standard InChI is InChI=1S/C26H35FN2O4S/c1-18(2)32-16-21(30)14-28(13-19-6-7-19)15-26(31)29-10-8-25-23(9-11-34-25)24(29)17-33-22-5-3-4-20(27)12-22/h3-5,9,11-12,18-19,21,24,30H,6-8,10,13-17H2,1-2H3. The van der Waals surface area contributed by atoms with E-state index >= 15 is 0 Å². The van der Waals surface area contributed by atoms with Crippen LogP contribution < -0.4 is 4.74 Å². The molecule has 1 N–H and O–H groups in total. The molecule has 8 heteroatoms. The maximum atomic E-state index is 13.6. The van der Waals surface area contributed by atoms with E-state index in [0.29, 0.717) is 24.8 Å². The van der Waals surface area contributed by atoms with E-state index in [9.17, 15) is 14.3 Å². The van der Waals surface area contributed by atoms with Crippen molar-refractivity contribution in [1.82, 2.24) is 9.80 Å². The summed E-state index contributed by atoms with van der Waals surface area (Å²) in [6.07, 6.45) is 2.60. The van der Waals surface area contributed by atoms with Crippen LogP contribution in [0.15, 0.2) is 35.7 Å². The van der Waals surface area contributed by atoms with Crippen LogP contribution in [0.4, 0.5) is 4.39 Å². The molecule has 1 aliphatic carbocycles. The Labute approximate surface area is 205 Å². The Morgan fingerprint density at radius 1 is 1.32 bits per heavy atom. The quantitative estimate of drug-likeness (QED) is 0.489. The normalized spacial score (nSPS) is 18.9. The van der Waals surface area contributed by atoms with Crippen LogP contribution in [0.2, 0.25) is 0 Å². The van der Waals surface area contributed by atoms with Gasteiger partial charge in [-0.25, -0.2) is 4.39 Å². The molecule has 2 atom stereocenters. The van der Waals surface area contributed by atoms with Gasteiger partial charge in [0.15, 0.2) is 0 Å². The van der Waals surface area contributed by atoms with Crippen molar-refractivity contribution in [2.45, 2.75) is 51.4 Å². The SMILES string of the molecule is CC(C)OCC(O)CN(CC(=O)N1CCc2sccc2C1COc1cccc(F)c1)CC1CC1. The van der Waals surface area contributed by atoms with Crippen LogP contribution in [-0.2, 0) is 16.0 Å². The van der Waals surface area contributed by atoms with E-state index in [1.807, 2.05) is 18.7 Å². The minimum atomic E-state index is -0.633. The van der Waals surface area contributed by atoms with Crippen molar-refractivity contribution in [3.63, 3.8) is 0 Å². The molecule has 1 fully saturated rings. The van der Waals surface area contributed by atoms with E-state index in [-0.39, 0.29) is 43.6 Å².